The smallest absolute Gasteiger partial charge is 0.274 e. The summed E-state index contributed by atoms with van der Waals surface area (Å²) in [6.45, 7) is 0. The van der Waals surface area contributed by atoms with Crippen LogP contribution in [0.2, 0.25) is 0 Å². The van der Waals surface area contributed by atoms with Crippen LogP contribution in [0.1, 0.15) is 17.5 Å². The molecule has 2 aromatic carbocycles. The van der Waals surface area contributed by atoms with E-state index in [4.69, 9.17) is 4.74 Å². The summed E-state index contributed by atoms with van der Waals surface area (Å²) >= 11 is 0. The Labute approximate surface area is 180 Å². The fourth-order valence-electron chi connectivity index (χ4n) is 4.26. The number of hydrogen-bond donors (Lipinski definition) is 1. The van der Waals surface area contributed by atoms with Crippen LogP contribution in [-0.4, -0.2) is 24.2 Å². The normalized spacial score (nSPS) is 13.5. The summed E-state index contributed by atoms with van der Waals surface area (Å²) in [5.41, 5.74) is 4.30. The number of nitrogens with zero attached hydrogens (tertiary/aromatic N) is 1. The quantitative estimate of drug-likeness (QED) is 0.522. The Morgan fingerprint density at radius 1 is 1.00 bits per heavy atom. The molecule has 4 aromatic rings. The molecule has 5 rings (SSSR count). The number of aromatic nitrogens is 2. The van der Waals surface area contributed by atoms with Gasteiger partial charge in [-0.25, -0.2) is 8.42 Å². The number of sulfone groups is 1. The minimum absolute atomic E-state index is 0.149. The van der Waals surface area contributed by atoms with Gasteiger partial charge in [0.2, 0.25) is 0 Å². The van der Waals surface area contributed by atoms with E-state index in [-0.39, 0.29) is 10.5 Å². The van der Waals surface area contributed by atoms with Crippen LogP contribution in [0.3, 0.4) is 0 Å². The summed E-state index contributed by atoms with van der Waals surface area (Å²) in [6.07, 6.45) is 7.88. The minimum Gasteiger partial charge on any atom is -0.457 e. The molecule has 2 aromatic heterocycles. The Morgan fingerprint density at radius 3 is 2.61 bits per heavy atom. The summed E-state index contributed by atoms with van der Waals surface area (Å²) in [5, 5.41) is 0.715. The molecule has 7 heteroatoms. The standard InChI is InChI=1S/C24H22N2O4S/c1-26-14-21(19-10-11-25-23(19)24(26)27)20-13-18(31(2,28)29)8-9-22(20)30-17-7-6-15-4-3-5-16(15)12-17/h6-14,25H,3-5H2,1-2H3. The molecular formula is C24H22N2O4S. The van der Waals surface area contributed by atoms with Crippen LogP contribution in [0.25, 0.3) is 22.0 Å². The van der Waals surface area contributed by atoms with E-state index in [9.17, 15) is 13.2 Å². The van der Waals surface area contributed by atoms with Gasteiger partial charge in [-0.15, -0.1) is 0 Å². The van der Waals surface area contributed by atoms with Gasteiger partial charge in [-0.3, -0.25) is 4.79 Å². The first-order valence-electron chi connectivity index (χ1n) is 10.1. The van der Waals surface area contributed by atoms with Crippen molar-refractivity contribution in [2.24, 2.45) is 7.05 Å². The van der Waals surface area contributed by atoms with Gasteiger partial charge in [0.1, 0.15) is 17.0 Å². The number of benzene rings is 2. The zero-order valence-corrected chi connectivity index (χ0v) is 18.1. The van der Waals surface area contributed by atoms with Crippen molar-refractivity contribution in [2.45, 2.75) is 24.2 Å². The lowest BCUT2D eigenvalue weighted by molar-refractivity contribution is 0.483. The van der Waals surface area contributed by atoms with Gasteiger partial charge in [0, 0.05) is 42.2 Å². The first-order valence-corrected chi connectivity index (χ1v) is 12.0. The molecule has 1 aliphatic carbocycles. The van der Waals surface area contributed by atoms with Crippen molar-refractivity contribution in [3.63, 3.8) is 0 Å². The lowest BCUT2D eigenvalue weighted by atomic mass is 10.0. The first kappa shape index (κ1) is 19.6. The molecule has 158 valence electrons. The molecule has 1 N–H and O–H groups in total. The molecule has 0 saturated carbocycles. The molecule has 0 fully saturated rings. The summed E-state index contributed by atoms with van der Waals surface area (Å²) in [4.78, 5) is 15.7. The predicted octanol–water partition coefficient (Wildman–Crippen LogP) is 4.22. The second-order valence-corrected chi connectivity index (χ2v) is 10.1. The van der Waals surface area contributed by atoms with E-state index in [0.717, 1.165) is 24.8 Å². The van der Waals surface area contributed by atoms with E-state index in [2.05, 4.69) is 17.1 Å². The molecule has 1 aliphatic rings. The molecule has 31 heavy (non-hydrogen) atoms. The van der Waals surface area contributed by atoms with Gasteiger partial charge in [-0.1, -0.05) is 6.07 Å². The predicted molar refractivity (Wildman–Crippen MR) is 121 cm³/mol. The van der Waals surface area contributed by atoms with Gasteiger partial charge in [-0.2, -0.15) is 0 Å². The third kappa shape index (κ3) is 3.45. The van der Waals surface area contributed by atoms with Gasteiger partial charge < -0.3 is 14.3 Å². The zero-order chi connectivity index (χ0) is 21.8. The molecule has 0 saturated heterocycles. The number of aromatic amines is 1. The number of ether oxygens (including phenoxy) is 1. The lowest BCUT2D eigenvalue weighted by Crippen LogP contribution is -2.16. The highest BCUT2D eigenvalue weighted by molar-refractivity contribution is 7.90. The molecule has 0 aliphatic heterocycles. The van der Waals surface area contributed by atoms with Crippen molar-refractivity contribution >= 4 is 20.7 Å². The van der Waals surface area contributed by atoms with Gasteiger partial charge in [0.25, 0.3) is 5.56 Å². The van der Waals surface area contributed by atoms with Crippen LogP contribution in [-0.2, 0) is 29.7 Å². The Hall–Kier alpha value is -3.32. The van der Waals surface area contributed by atoms with Crippen LogP contribution in [0, 0.1) is 0 Å². The van der Waals surface area contributed by atoms with Crippen molar-refractivity contribution in [3.05, 3.63) is 76.3 Å². The maximum atomic E-state index is 12.5. The van der Waals surface area contributed by atoms with Crippen LogP contribution in [0.15, 0.2) is 64.5 Å². The van der Waals surface area contributed by atoms with E-state index < -0.39 is 9.84 Å². The number of nitrogens with one attached hydrogen (secondary N) is 1. The SMILES string of the molecule is Cn1cc(-c2cc(S(C)(=O)=O)ccc2Oc2ccc3c(c2)CCC3)c2cc[nH]c2c1=O. The molecule has 0 unspecified atom stereocenters. The Bertz CT molecular complexity index is 1500. The Balaban J connectivity index is 1.71. The Kier molecular flexibility index (Phi) is 4.51. The molecule has 0 spiro atoms. The van der Waals surface area contributed by atoms with Crippen molar-refractivity contribution in [3.8, 4) is 22.6 Å². The molecule has 2 heterocycles. The van der Waals surface area contributed by atoms with Crippen molar-refractivity contribution in [2.75, 3.05) is 6.26 Å². The second kappa shape index (κ2) is 7.13. The maximum absolute atomic E-state index is 12.5. The summed E-state index contributed by atoms with van der Waals surface area (Å²) in [7, 11) is -1.75. The van der Waals surface area contributed by atoms with E-state index in [1.54, 1.807) is 37.6 Å². The fraction of sp³-hybridized carbons (Fsp3) is 0.208. The fourth-order valence-corrected chi connectivity index (χ4v) is 4.91. The number of rotatable bonds is 4. The van der Waals surface area contributed by atoms with E-state index >= 15 is 0 Å². The topological polar surface area (TPSA) is 81.2 Å². The average molecular weight is 435 g/mol. The third-order valence-electron chi connectivity index (χ3n) is 5.86. The monoisotopic (exact) mass is 434 g/mol. The van der Waals surface area contributed by atoms with Gasteiger partial charge in [-0.05, 0) is 66.8 Å². The average Bonchev–Trinajstić information content (AvgIpc) is 3.39. The molecule has 0 atom stereocenters. The van der Waals surface area contributed by atoms with Crippen LogP contribution >= 0.6 is 0 Å². The number of fused-ring (bicyclic) bond motifs is 2. The number of aryl methyl sites for hydroxylation is 3. The van der Waals surface area contributed by atoms with E-state index in [1.165, 1.54) is 21.9 Å². The summed E-state index contributed by atoms with van der Waals surface area (Å²) in [5.74, 6) is 1.25. The molecule has 6 nitrogen and oxygen atoms in total. The first-order chi connectivity index (χ1) is 14.8. The third-order valence-corrected chi connectivity index (χ3v) is 6.97. The van der Waals surface area contributed by atoms with E-state index in [0.29, 0.717) is 28.0 Å². The lowest BCUT2D eigenvalue weighted by Gasteiger charge is -2.15. The minimum atomic E-state index is -3.42. The van der Waals surface area contributed by atoms with E-state index in [1.807, 2.05) is 12.1 Å². The van der Waals surface area contributed by atoms with Crippen LogP contribution < -0.4 is 10.3 Å². The van der Waals surface area contributed by atoms with Crippen molar-refractivity contribution in [1.82, 2.24) is 9.55 Å². The highest BCUT2D eigenvalue weighted by atomic mass is 32.2. The van der Waals surface area contributed by atoms with Crippen LogP contribution in [0.5, 0.6) is 11.5 Å². The highest BCUT2D eigenvalue weighted by Crippen LogP contribution is 2.38. The highest BCUT2D eigenvalue weighted by Gasteiger charge is 2.19. The molecule has 0 bridgehead atoms. The molecular weight excluding hydrogens is 412 g/mol. The van der Waals surface area contributed by atoms with Crippen LogP contribution in [0.4, 0.5) is 0 Å². The largest absolute Gasteiger partial charge is 0.457 e. The summed E-state index contributed by atoms with van der Waals surface area (Å²) in [6, 6.07) is 12.8. The number of H-pyrrole nitrogens is 1. The van der Waals surface area contributed by atoms with Crippen molar-refractivity contribution in [1.29, 1.82) is 0 Å². The second-order valence-electron chi connectivity index (χ2n) is 8.04. The molecule has 0 amide bonds. The van der Waals surface area contributed by atoms with Crippen molar-refractivity contribution < 1.29 is 13.2 Å². The molecule has 0 radical (unpaired) electrons. The number of hydrogen-bond acceptors (Lipinski definition) is 4. The van der Waals surface area contributed by atoms with Gasteiger partial charge in [0.15, 0.2) is 9.84 Å². The summed E-state index contributed by atoms with van der Waals surface area (Å²) < 4.78 is 32.2. The maximum Gasteiger partial charge on any atom is 0.274 e. The number of pyridine rings is 1. The zero-order valence-electron chi connectivity index (χ0n) is 17.3. The van der Waals surface area contributed by atoms with Gasteiger partial charge in [0.05, 0.1) is 4.90 Å². The Morgan fingerprint density at radius 2 is 1.81 bits per heavy atom. The van der Waals surface area contributed by atoms with Gasteiger partial charge >= 0.3 is 0 Å².